The predicted octanol–water partition coefficient (Wildman–Crippen LogP) is 1.63. The van der Waals surface area contributed by atoms with Gasteiger partial charge in [-0.1, -0.05) is 26.1 Å². The molecule has 1 atom stereocenters. The molecule has 1 rings (SSSR count). The number of thiocarbonyl (C=S) groups is 1. The number of benzene rings is 1. The molecule has 1 aromatic rings. The monoisotopic (exact) mass is 316 g/mol. The summed E-state index contributed by atoms with van der Waals surface area (Å²) in [6.45, 7) is 4.24. The molecule has 5 nitrogen and oxygen atoms in total. The predicted molar refractivity (Wildman–Crippen MR) is 83.4 cm³/mol. The van der Waals surface area contributed by atoms with Gasteiger partial charge in [0.05, 0.1) is 17.0 Å². The number of methoxy groups -OCH3 is 1. The fraction of sp³-hybridized carbons (Fsp3) is 0.462. The summed E-state index contributed by atoms with van der Waals surface area (Å²) in [5, 5.41) is 0. The number of hydrogen-bond acceptors (Lipinski definition) is 4. The van der Waals surface area contributed by atoms with Gasteiger partial charge < -0.3 is 10.5 Å². The first-order valence-electron chi connectivity index (χ1n) is 6.26. The van der Waals surface area contributed by atoms with Crippen LogP contribution < -0.4 is 10.5 Å². The summed E-state index contributed by atoms with van der Waals surface area (Å²) in [6, 6.07) is 6.31. The molecule has 112 valence electrons. The van der Waals surface area contributed by atoms with Gasteiger partial charge in [-0.15, -0.1) is 0 Å². The van der Waals surface area contributed by atoms with Crippen molar-refractivity contribution >= 4 is 27.2 Å². The topological polar surface area (TPSA) is 72.6 Å². The average Bonchev–Trinajstić information content (AvgIpc) is 2.44. The van der Waals surface area contributed by atoms with Gasteiger partial charge in [0.15, 0.2) is 0 Å². The van der Waals surface area contributed by atoms with Crippen LogP contribution in [0.5, 0.6) is 5.75 Å². The van der Waals surface area contributed by atoms with Crippen molar-refractivity contribution in [3.8, 4) is 5.75 Å². The largest absolute Gasteiger partial charge is 0.497 e. The molecule has 1 unspecified atom stereocenters. The van der Waals surface area contributed by atoms with E-state index in [-0.39, 0.29) is 17.4 Å². The van der Waals surface area contributed by atoms with Crippen molar-refractivity contribution in [1.29, 1.82) is 0 Å². The number of rotatable bonds is 7. The van der Waals surface area contributed by atoms with Gasteiger partial charge in [0.2, 0.25) is 10.0 Å². The van der Waals surface area contributed by atoms with Gasteiger partial charge in [0, 0.05) is 19.0 Å². The zero-order chi connectivity index (χ0) is 15.3. The molecule has 0 heterocycles. The van der Waals surface area contributed by atoms with Crippen LogP contribution in [0.1, 0.15) is 13.8 Å². The van der Waals surface area contributed by atoms with Crippen molar-refractivity contribution in [1.82, 2.24) is 4.31 Å². The molecule has 0 bridgehead atoms. The van der Waals surface area contributed by atoms with E-state index in [9.17, 15) is 8.42 Å². The van der Waals surface area contributed by atoms with Crippen molar-refractivity contribution < 1.29 is 13.2 Å². The lowest BCUT2D eigenvalue weighted by Crippen LogP contribution is -2.38. The van der Waals surface area contributed by atoms with Crippen LogP contribution in [0.2, 0.25) is 0 Å². The zero-order valence-corrected chi connectivity index (χ0v) is 13.5. The van der Waals surface area contributed by atoms with Crippen molar-refractivity contribution in [2.45, 2.75) is 18.7 Å². The minimum atomic E-state index is -3.54. The Morgan fingerprint density at radius 2 is 1.95 bits per heavy atom. The molecule has 2 N–H and O–H groups in total. The normalized spacial score (nSPS) is 13.2. The molecular formula is C13H20N2O3S2. The fourth-order valence-electron chi connectivity index (χ4n) is 1.69. The minimum Gasteiger partial charge on any atom is -0.497 e. The molecule has 0 radical (unpaired) electrons. The summed E-state index contributed by atoms with van der Waals surface area (Å²) < 4.78 is 31.4. The van der Waals surface area contributed by atoms with E-state index in [2.05, 4.69) is 0 Å². The molecule has 0 amide bonds. The molecule has 20 heavy (non-hydrogen) atoms. The van der Waals surface area contributed by atoms with Crippen molar-refractivity contribution in [2.75, 3.05) is 20.2 Å². The van der Waals surface area contributed by atoms with Crippen molar-refractivity contribution in [3.05, 3.63) is 24.3 Å². The molecule has 0 aliphatic carbocycles. The van der Waals surface area contributed by atoms with E-state index in [0.717, 1.165) is 0 Å². The Hall–Kier alpha value is -1.18. The first kappa shape index (κ1) is 16.9. The first-order valence-corrected chi connectivity index (χ1v) is 8.11. The summed E-state index contributed by atoms with van der Waals surface area (Å²) in [6.07, 6.45) is 0. The molecule has 1 aromatic carbocycles. The lowest BCUT2D eigenvalue weighted by Gasteiger charge is -2.23. The van der Waals surface area contributed by atoms with E-state index in [1.165, 1.54) is 23.5 Å². The maximum absolute atomic E-state index is 12.5. The molecule has 0 spiro atoms. The lowest BCUT2D eigenvalue weighted by molar-refractivity contribution is 0.404. The van der Waals surface area contributed by atoms with Gasteiger partial charge in [-0.25, -0.2) is 8.42 Å². The second-order valence-corrected chi connectivity index (χ2v) is 6.84. The van der Waals surface area contributed by atoms with Crippen LogP contribution in [-0.4, -0.2) is 37.9 Å². The first-order chi connectivity index (χ1) is 9.32. The number of hydrogen-bond donors (Lipinski definition) is 1. The second-order valence-electron chi connectivity index (χ2n) is 4.43. The third kappa shape index (κ3) is 3.91. The Labute approximate surface area is 125 Å². The summed E-state index contributed by atoms with van der Waals surface area (Å²) >= 11 is 4.90. The molecule has 0 saturated carbocycles. The highest BCUT2D eigenvalue weighted by Gasteiger charge is 2.25. The van der Waals surface area contributed by atoms with E-state index in [1.54, 1.807) is 19.1 Å². The van der Waals surface area contributed by atoms with Crippen LogP contribution in [0, 0.1) is 5.92 Å². The van der Waals surface area contributed by atoms with Gasteiger partial charge in [-0.05, 0) is 24.3 Å². The fourth-order valence-corrected chi connectivity index (χ4v) is 3.30. The highest BCUT2D eigenvalue weighted by atomic mass is 32.2. The summed E-state index contributed by atoms with van der Waals surface area (Å²) in [4.78, 5) is 0.545. The summed E-state index contributed by atoms with van der Waals surface area (Å²) in [5.74, 6) is 0.446. The SMILES string of the molecule is CCN(CC(C)C(N)=S)S(=O)(=O)c1ccc(OC)cc1. The Kier molecular flexibility index (Phi) is 5.91. The molecule has 0 saturated heterocycles. The van der Waals surface area contributed by atoms with Crippen LogP contribution in [0.3, 0.4) is 0 Å². The van der Waals surface area contributed by atoms with Gasteiger partial charge in [0.1, 0.15) is 5.75 Å². The molecule has 0 aromatic heterocycles. The third-order valence-electron chi connectivity index (χ3n) is 3.01. The van der Waals surface area contributed by atoms with Crippen LogP contribution in [-0.2, 0) is 10.0 Å². The van der Waals surface area contributed by atoms with Gasteiger partial charge in [0.25, 0.3) is 0 Å². The highest BCUT2D eigenvalue weighted by Crippen LogP contribution is 2.20. The maximum atomic E-state index is 12.5. The average molecular weight is 316 g/mol. The molecule has 0 aliphatic rings. The summed E-state index contributed by atoms with van der Waals surface area (Å²) in [7, 11) is -2.01. The molecule has 0 fully saturated rings. The van der Waals surface area contributed by atoms with Gasteiger partial charge in [-0.2, -0.15) is 4.31 Å². The standard InChI is InChI=1S/C13H20N2O3S2/c1-4-15(9-10(2)13(14)19)20(16,17)12-7-5-11(18-3)6-8-12/h5-8,10H,4,9H2,1-3H3,(H2,14,19). The summed E-state index contributed by atoms with van der Waals surface area (Å²) in [5.41, 5.74) is 5.55. The second kappa shape index (κ2) is 7.01. The van der Waals surface area contributed by atoms with E-state index >= 15 is 0 Å². The smallest absolute Gasteiger partial charge is 0.243 e. The molecule has 7 heteroatoms. The zero-order valence-electron chi connectivity index (χ0n) is 11.9. The van der Waals surface area contributed by atoms with Crippen molar-refractivity contribution in [3.63, 3.8) is 0 Å². The maximum Gasteiger partial charge on any atom is 0.243 e. The van der Waals surface area contributed by atoms with Crippen LogP contribution in [0.25, 0.3) is 0 Å². The minimum absolute atomic E-state index is 0.169. The van der Waals surface area contributed by atoms with E-state index in [1.807, 2.05) is 6.92 Å². The number of sulfonamides is 1. The number of nitrogens with two attached hydrogens (primary N) is 1. The quantitative estimate of drug-likeness (QED) is 0.774. The Morgan fingerprint density at radius 3 is 2.35 bits per heavy atom. The molecular weight excluding hydrogens is 296 g/mol. The highest BCUT2D eigenvalue weighted by molar-refractivity contribution is 7.89. The van der Waals surface area contributed by atoms with Gasteiger partial charge in [-0.3, -0.25) is 0 Å². The number of ether oxygens (including phenoxy) is 1. The van der Waals surface area contributed by atoms with Crippen LogP contribution in [0.15, 0.2) is 29.2 Å². The van der Waals surface area contributed by atoms with E-state index in [0.29, 0.717) is 17.3 Å². The van der Waals surface area contributed by atoms with E-state index < -0.39 is 10.0 Å². The lowest BCUT2D eigenvalue weighted by atomic mass is 10.2. The Bertz CT molecular complexity index is 555. The number of nitrogens with zero attached hydrogens (tertiary/aromatic N) is 1. The van der Waals surface area contributed by atoms with Crippen LogP contribution in [0.4, 0.5) is 0 Å². The van der Waals surface area contributed by atoms with Crippen LogP contribution >= 0.6 is 12.2 Å². The van der Waals surface area contributed by atoms with Crippen molar-refractivity contribution in [2.24, 2.45) is 11.7 Å². The molecule has 0 aliphatic heterocycles. The third-order valence-corrected chi connectivity index (χ3v) is 5.37. The van der Waals surface area contributed by atoms with E-state index in [4.69, 9.17) is 22.7 Å². The Balaban J connectivity index is 3.01. The Morgan fingerprint density at radius 1 is 1.40 bits per heavy atom. The van der Waals surface area contributed by atoms with Gasteiger partial charge >= 0.3 is 0 Å².